The Morgan fingerprint density at radius 3 is 2.85 bits per heavy atom. The molecule has 1 saturated heterocycles. The Labute approximate surface area is 202 Å². The quantitative estimate of drug-likeness (QED) is 0.388. The van der Waals surface area contributed by atoms with E-state index in [0.717, 1.165) is 38.6 Å². The number of nitrogens with zero attached hydrogens (tertiary/aromatic N) is 6. The summed E-state index contributed by atoms with van der Waals surface area (Å²) in [5, 5.41) is 29.2. The van der Waals surface area contributed by atoms with E-state index in [2.05, 4.69) is 29.9 Å². The molecule has 0 aliphatic carbocycles. The zero-order chi connectivity index (χ0) is 24.0. The summed E-state index contributed by atoms with van der Waals surface area (Å²) < 4.78 is 3.81. The third-order valence-corrected chi connectivity index (χ3v) is 7.11. The van der Waals surface area contributed by atoms with Crippen LogP contribution in [-0.4, -0.2) is 64.7 Å². The van der Waals surface area contributed by atoms with Gasteiger partial charge in [0.1, 0.15) is 0 Å². The number of anilines is 2. The number of β-amino-alcohol motifs (C(OH)–C–C–N with tert-alkyl or cyclic N) is 1. The van der Waals surface area contributed by atoms with Gasteiger partial charge in [0.2, 0.25) is 5.95 Å². The molecule has 5 rings (SSSR count). The van der Waals surface area contributed by atoms with Crippen molar-refractivity contribution in [1.29, 1.82) is 0 Å². The van der Waals surface area contributed by atoms with Gasteiger partial charge in [-0.15, -0.1) is 0 Å². The van der Waals surface area contributed by atoms with Crippen LogP contribution in [0.25, 0.3) is 16.7 Å². The lowest BCUT2D eigenvalue weighted by Crippen LogP contribution is -2.32. The van der Waals surface area contributed by atoms with E-state index in [1.165, 1.54) is 0 Å². The van der Waals surface area contributed by atoms with Crippen molar-refractivity contribution in [3.05, 3.63) is 58.6 Å². The number of nitrogens with one attached hydrogen (secondary N) is 1. The molecule has 4 aromatic rings. The zero-order valence-electron chi connectivity index (χ0n) is 19.4. The van der Waals surface area contributed by atoms with Gasteiger partial charge in [0, 0.05) is 72.5 Å². The molecule has 178 valence electrons. The standard InChI is InChI=1S/C24H28ClN7O2/c1-14-16(10-31-12-19(34)9-18(31)13-33)11-32(29-14)22-6-7-26-24(28-22)27-17-4-5-21-20(8-17)23(25)15(2)30(21)3/h4-8,11,18-19,33-34H,9-10,12-13H2,1-3H3,(H,26,27,28). The number of hydrogen-bond acceptors (Lipinski definition) is 7. The minimum absolute atomic E-state index is 0.0325. The summed E-state index contributed by atoms with van der Waals surface area (Å²) in [6, 6.07) is 7.77. The number of aliphatic hydroxyl groups excluding tert-OH is 2. The normalized spacial score (nSPS) is 18.8. The first kappa shape index (κ1) is 22.8. The van der Waals surface area contributed by atoms with E-state index < -0.39 is 6.10 Å². The van der Waals surface area contributed by atoms with E-state index in [1.54, 1.807) is 16.9 Å². The molecule has 10 heteroatoms. The number of halogens is 1. The van der Waals surface area contributed by atoms with Crippen molar-refractivity contribution in [3.63, 3.8) is 0 Å². The third-order valence-electron chi connectivity index (χ3n) is 6.64. The second-order valence-electron chi connectivity index (χ2n) is 8.89. The second kappa shape index (κ2) is 8.99. The van der Waals surface area contributed by atoms with E-state index in [1.807, 2.05) is 45.3 Å². The molecule has 0 saturated carbocycles. The summed E-state index contributed by atoms with van der Waals surface area (Å²) in [6.07, 6.45) is 3.82. The number of hydrogen-bond donors (Lipinski definition) is 3. The predicted octanol–water partition coefficient (Wildman–Crippen LogP) is 3.10. The van der Waals surface area contributed by atoms with Crippen molar-refractivity contribution in [2.45, 2.75) is 39.0 Å². The molecule has 34 heavy (non-hydrogen) atoms. The number of rotatable bonds is 6. The Kier molecular flexibility index (Phi) is 6.03. The van der Waals surface area contributed by atoms with Crippen molar-refractivity contribution in [2.75, 3.05) is 18.5 Å². The van der Waals surface area contributed by atoms with Crippen LogP contribution in [0, 0.1) is 13.8 Å². The largest absolute Gasteiger partial charge is 0.395 e. The van der Waals surface area contributed by atoms with Crippen LogP contribution in [0.2, 0.25) is 5.02 Å². The Balaban J connectivity index is 1.37. The fraction of sp³-hybridized carbons (Fsp3) is 0.375. The molecule has 3 N–H and O–H groups in total. The summed E-state index contributed by atoms with van der Waals surface area (Å²) in [7, 11) is 2.00. The first-order valence-electron chi connectivity index (χ1n) is 11.3. The number of likely N-dealkylation sites (tertiary alicyclic amines) is 1. The van der Waals surface area contributed by atoms with Crippen LogP contribution in [0.4, 0.5) is 11.6 Å². The number of aliphatic hydroxyl groups is 2. The van der Waals surface area contributed by atoms with Gasteiger partial charge in [-0.2, -0.15) is 10.1 Å². The van der Waals surface area contributed by atoms with Gasteiger partial charge in [0.25, 0.3) is 0 Å². The highest BCUT2D eigenvalue weighted by Gasteiger charge is 2.30. The summed E-state index contributed by atoms with van der Waals surface area (Å²) in [5.74, 6) is 1.10. The van der Waals surface area contributed by atoms with E-state index >= 15 is 0 Å². The Morgan fingerprint density at radius 2 is 2.06 bits per heavy atom. The van der Waals surface area contributed by atoms with Crippen molar-refractivity contribution in [1.82, 2.24) is 29.2 Å². The summed E-state index contributed by atoms with van der Waals surface area (Å²) in [4.78, 5) is 11.1. The van der Waals surface area contributed by atoms with Crippen molar-refractivity contribution >= 4 is 34.1 Å². The van der Waals surface area contributed by atoms with Crippen molar-refractivity contribution < 1.29 is 10.2 Å². The maximum absolute atomic E-state index is 9.97. The van der Waals surface area contributed by atoms with Crippen LogP contribution >= 0.6 is 11.6 Å². The molecule has 4 heterocycles. The first-order valence-corrected chi connectivity index (χ1v) is 11.6. The Bertz CT molecular complexity index is 1350. The van der Waals surface area contributed by atoms with Crippen LogP contribution in [0.3, 0.4) is 0 Å². The highest BCUT2D eigenvalue weighted by molar-refractivity contribution is 6.36. The topological polar surface area (TPSA) is 104 Å². The lowest BCUT2D eigenvalue weighted by Gasteiger charge is -2.21. The van der Waals surface area contributed by atoms with Gasteiger partial charge < -0.3 is 20.1 Å². The molecule has 0 amide bonds. The molecule has 1 fully saturated rings. The average Bonchev–Trinajstić information content (AvgIpc) is 3.45. The number of fused-ring (bicyclic) bond motifs is 1. The molecule has 0 bridgehead atoms. The molecule has 0 radical (unpaired) electrons. The molecular weight excluding hydrogens is 454 g/mol. The Morgan fingerprint density at radius 1 is 1.24 bits per heavy atom. The molecular formula is C24H28ClN7O2. The van der Waals surface area contributed by atoms with Gasteiger partial charge in [-0.3, -0.25) is 4.90 Å². The van der Waals surface area contributed by atoms with Gasteiger partial charge in [-0.05, 0) is 38.5 Å². The van der Waals surface area contributed by atoms with E-state index in [-0.39, 0.29) is 12.6 Å². The smallest absolute Gasteiger partial charge is 0.229 e. The first-order chi connectivity index (χ1) is 16.3. The van der Waals surface area contributed by atoms with Gasteiger partial charge in [-0.25, -0.2) is 9.67 Å². The van der Waals surface area contributed by atoms with Gasteiger partial charge in [0.15, 0.2) is 5.82 Å². The lowest BCUT2D eigenvalue weighted by molar-refractivity contribution is 0.150. The van der Waals surface area contributed by atoms with E-state index in [4.69, 9.17) is 11.6 Å². The van der Waals surface area contributed by atoms with Gasteiger partial charge in [0.05, 0.1) is 23.4 Å². The maximum Gasteiger partial charge on any atom is 0.229 e. The fourth-order valence-electron chi connectivity index (χ4n) is 4.60. The highest BCUT2D eigenvalue weighted by atomic mass is 35.5. The molecule has 1 aliphatic rings. The van der Waals surface area contributed by atoms with Crippen molar-refractivity contribution in [2.24, 2.45) is 7.05 Å². The molecule has 9 nitrogen and oxygen atoms in total. The van der Waals surface area contributed by atoms with Crippen LogP contribution < -0.4 is 5.32 Å². The van der Waals surface area contributed by atoms with Crippen LogP contribution in [0.15, 0.2) is 36.7 Å². The molecule has 2 unspecified atom stereocenters. The van der Waals surface area contributed by atoms with Crippen LogP contribution in [0.5, 0.6) is 0 Å². The number of aryl methyl sites for hydroxylation is 2. The number of benzene rings is 1. The second-order valence-corrected chi connectivity index (χ2v) is 9.27. The number of aromatic nitrogens is 5. The summed E-state index contributed by atoms with van der Waals surface area (Å²) >= 11 is 6.51. The molecule has 1 aromatic carbocycles. The Hall–Kier alpha value is -2.98. The summed E-state index contributed by atoms with van der Waals surface area (Å²) in [5.41, 5.74) is 4.84. The van der Waals surface area contributed by atoms with Crippen LogP contribution in [0.1, 0.15) is 23.4 Å². The highest BCUT2D eigenvalue weighted by Crippen LogP contribution is 2.32. The molecule has 3 aromatic heterocycles. The van der Waals surface area contributed by atoms with E-state index in [9.17, 15) is 10.2 Å². The van der Waals surface area contributed by atoms with Gasteiger partial charge >= 0.3 is 0 Å². The van der Waals surface area contributed by atoms with Crippen molar-refractivity contribution in [3.8, 4) is 5.82 Å². The third kappa shape index (κ3) is 4.16. The predicted molar refractivity (Wildman–Crippen MR) is 132 cm³/mol. The SMILES string of the molecule is Cc1nn(-c2ccnc(Nc3ccc4c(c3)c(Cl)c(C)n4C)n2)cc1CN1CC(O)CC1CO. The lowest BCUT2D eigenvalue weighted by atomic mass is 10.2. The minimum atomic E-state index is -0.406. The van der Waals surface area contributed by atoms with E-state index in [0.29, 0.717) is 31.3 Å². The van der Waals surface area contributed by atoms with Crippen LogP contribution in [-0.2, 0) is 13.6 Å². The van der Waals surface area contributed by atoms with Gasteiger partial charge in [-0.1, -0.05) is 11.6 Å². The minimum Gasteiger partial charge on any atom is -0.395 e. The fourth-order valence-corrected chi connectivity index (χ4v) is 4.88. The summed E-state index contributed by atoms with van der Waals surface area (Å²) in [6.45, 7) is 5.14. The molecule has 1 aliphatic heterocycles. The monoisotopic (exact) mass is 481 g/mol. The molecule has 2 atom stereocenters. The maximum atomic E-state index is 9.97. The zero-order valence-corrected chi connectivity index (χ0v) is 20.2. The molecule has 0 spiro atoms. The average molecular weight is 482 g/mol.